The lowest BCUT2D eigenvalue weighted by Gasteiger charge is -2.01. The van der Waals surface area contributed by atoms with Gasteiger partial charge >= 0.3 is 0 Å². The lowest BCUT2D eigenvalue weighted by Crippen LogP contribution is -1.99. The summed E-state index contributed by atoms with van der Waals surface area (Å²) >= 11 is 3.53. The zero-order chi connectivity index (χ0) is 13.4. The molecule has 0 spiro atoms. The minimum Gasteiger partial charge on any atom is -0.475 e. The molecule has 1 aromatic carbocycles. The maximum Gasteiger partial charge on any atom is 0.259 e. The Morgan fingerprint density at radius 3 is 2.84 bits per heavy atom. The summed E-state index contributed by atoms with van der Waals surface area (Å²) in [6, 6.07) is 5.95. The van der Waals surface area contributed by atoms with E-state index in [0.717, 1.165) is 21.1 Å². The minimum atomic E-state index is 0.578. The number of rotatable bonds is 3. The van der Waals surface area contributed by atoms with Crippen molar-refractivity contribution in [3.8, 4) is 11.6 Å². The van der Waals surface area contributed by atoms with Crippen LogP contribution in [-0.2, 0) is 7.05 Å². The normalized spacial score (nSPS) is 11.1. The number of aromatic nitrogens is 4. The second-order valence-corrected chi connectivity index (χ2v) is 5.03. The van der Waals surface area contributed by atoms with Crippen molar-refractivity contribution in [1.29, 1.82) is 0 Å². The average Bonchev–Trinajstić information content (AvgIpc) is 2.94. The van der Waals surface area contributed by atoms with Crippen molar-refractivity contribution in [2.45, 2.75) is 6.92 Å². The lowest BCUT2D eigenvalue weighted by atomic mass is 10.3. The van der Waals surface area contributed by atoms with E-state index >= 15 is 0 Å². The Bertz CT molecular complexity index is 731. The number of halogens is 1. The Kier molecular flexibility index (Phi) is 3.02. The van der Waals surface area contributed by atoms with E-state index in [1.807, 2.05) is 44.6 Å². The SMILES string of the molecule is CCOc1nn(C)cc1-n1cc2c(Br)cccc2n1. The molecule has 0 bridgehead atoms. The summed E-state index contributed by atoms with van der Waals surface area (Å²) in [5, 5.41) is 9.91. The second-order valence-electron chi connectivity index (χ2n) is 4.17. The number of hydrogen-bond donors (Lipinski definition) is 0. The molecule has 2 aromatic heterocycles. The molecule has 2 heterocycles. The molecular weight excluding hydrogens is 308 g/mol. The third kappa shape index (κ3) is 2.12. The van der Waals surface area contributed by atoms with Crippen molar-refractivity contribution in [2.24, 2.45) is 7.05 Å². The van der Waals surface area contributed by atoms with Gasteiger partial charge in [-0.25, -0.2) is 4.68 Å². The molecule has 3 aromatic rings. The number of nitrogens with zero attached hydrogens (tertiary/aromatic N) is 4. The number of hydrogen-bond acceptors (Lipinski definition) is 3. The predicted molar refractivity (Wildman–Crippen MR) is 76.7 cm³/mol. The largest absolute Gasteiger partial charge is 0.475 e. The molecule has 0 radical (unpaired) electrons. The first kappa shape index (κ1) is 12.2. The van der Waals surface area contributed by atoms with E-state index in [4.69, 9.17) is 4.74 Å². The third-order valence-corrected chi connectivity index (χ3v) is 3.49. The van der Waals surface area contributed by atoms with Gasteiger partial charge in [0.15, 0.2) is 0 Å². The first-order valence-corrected chi connectivity index (χ1v) is 6.79. The van der Waals surface area contributed by atoms with Crippen LogP contribution in [0.1, 0.15) is 6.92 Å². The van der Waals surface area contributed by atoms with E-state index < -0.39 is 0 Å². The summed E-state index contributed by atoms with van der Waals surface area (Å²) in [7, 11) is 1.87. The monoisotopic (exact) mass is 320 g/mol. The van der Waals surface area contributed by atoms with Gasteiger partial charge in [0.05, 0.1) is 18.3 Å². The highest BCUT2D eigenvalue weighted by Gasteiger charge is 2.13. The lowest BCUT2D eigenvalue weighted by molar-refractivity contribution is 0.321. The molecular formula is C13H13BrN4O. The second kappa shape index (κ2) is 4.70. The van der Waals surface area contributed by atoms with Gasteiger partial charge in [-0.05, 0) is 19.1 Å². The summed E-state index contributed by atoms with van der Waals surface area (Å²) in [6.07, 6.45) is 3.86. The molecule has 0 amide bonds. The molecule has 0 saturated heterocycles. The number of ether oxygens (including phenoxy) is 1. The van der Waals surface area contributed by atoms with Crippen LogP contribution >= 0.6 is 15.9 Å². The zero-order valence-corrected chi connectivity index (χ0v) is 12.3. The highest BCUT2D eigenvalue weighted by Crippen LogP contribution is 2.26. The fourth-order valence-corrected chi connectivity index (χ4v) is 2.44. The Morgan fingerprint density at radius 1 is 1.26 bits per heavy atom. The van der Waals surface area contributed by atoms with Crippen LogP contribution in [0.2, 0.25) is 0 Å². The molecule has 0 aliphatic carbocycles. The van der Waals surface area contributed by atoms with Crippen LogP contribution in [0, 0.1) is 0 Å². The van der Waals surface area contributed by atoms with Crippen LogP contribution in [-0.4, -0.2) is 26.2 Å². The van der Waals surface area contributed by atoms with Crippen LogP contribution in [0.3, 0.4) is 0 Å². The third-order valence-electron chi connectivity index (χ3n) is 2.80. The molecule has 98 valence electrons. The van der Waals surface area contributed by atoms with Gasteiger partial charge in [0, 0.05) is 23.1 Å². The molecule has 0 aliphatic rings. The van der Waals surface area contributed by atoms with Crippen molar-refractivity contribution >= 4 is 26.8 Å². The molecule has 0 atom stereocenters. The number of fused-ring (bicyclic) bond motifs is 1. The molecule has 0 fully saturated rings. The predicted octanol–water partition coefficient (Wildman–Crippen LogP) is 2.92. The minimum absolute atomic E-state index is 0.578. The van der Waals surface area contributed by atoms with Crippen LogP contribution in [0.15, 0.2) is 35.1 Å². The van der Waals surface area contributed by atoms with Gasteiger partial charge in [-0.1, -0.05) is 22.0 Å². The Balaban J connectivity index is 2.16. The summed E-state index contributed by atoms with van der Waals surface area (Å²) in [5.41, 5.74) is 1.77. The quantitative estimate of drug-likeness (QED) is 0.745. The fraction of sp³-hybridized carbons (Fsp3) is 0.231. The van der Waals surface area contributed by atoms with Gasteiger partial charge in [-0.3, -0.25) is 4.68 Å². The fourth-order valence-electron chi connectivity index (χ4n) is 1.98. The van der Waals surface area contributed by atoms with Crippen LogP contribution in [0.5, 0.6) is 5.88 Å². The molecule has 19 heavy (non-hydrogen) atoms. The molecule has 3 rings (SSSR count). The van der Waals surface area contributed by atoms with Gasteiger partial charge < -0.3 is 4.74 Å². The van der Waals surface area contributed by atoms with Crippen molar-refractivity contribution in [1.82, 2.24) is 19.6 Å². The van der Waals surface area contributed by atoms with Crippen LogP contribution in [0.4, 0.5) is 0 Å². The highest BCUT2D eigenvalue weighted by atomic mass is 79.9. The van der Waals surface area contributed by atoms with Gasteiger partial charge in [0.2, 0.25) is 0 Å². The summed E-state index contributed by atoms with van der Waals surface area (Å²) in [6.45, 7) is 2.52. The molecule has 0 N–H and O–H groups in total. The molecule has 0 saturated carbocycles. The van der Waals surface area contributed by atoms with Gasteiger partial charge in [0.25, 0.3) is 5.88 Å². The summed E-state index contributed by atoms with van der Waals surface area (Å²) in [5.74, 6) is 0.592. The molecule has 5 nitrogen and oxygen atoms in total. The maximum absolute atomic E-state index is 5.53. The number of benzene rings is 1. The van der Waals surface area contributed by atoms with Crippen molar-refractivity contribution in [2.75, 3.05) is 6.61 Å². The topological polar surface area (TPSA) is 44.9 Å². The first-order chi connectivity index (χ1) is 9.19. The standard InChI is InChI=1S/C13H13BrN4O/c1-3-19-13-12(8-17(2)16-13)18-7-9-10(14)5-4-6-11(9)15-18/h4-8H,3H2,1-2H3. The van der Waals surface area contributed by atoms with E-state index in [9.17, 15) is 0 Å². The van der Waals surface area contributed by atoms with E-state index in [0.29, 0.717) is 12.5 Å². The van der Waals surface area contributed by atoms with Gasteiger partial charge in [0.1, 0.15) is 5.69 Å². The molecule has 0 aliphatic heterocycles. The Labute approximate surface area is 118 Å². The number of aryl methyl sites for hydroxylation is 1. The zero-order valence-electron chi connectivity index (χ0n) is 10.7. The smallest absolute Gasteiger partial charge is 0.259 e. The molecule has 0 unspecified atom stereocenters. The highest BCUT2D eigenvalue weighted by molar-refractivity contribution is 9.10. The Hall–Kier alpha value is -1.82. The van der Waals surface area contributed by atoms with Gasteiger partial charge in [-0.2, -0.15) is 5.10 Å². The maximum atomic E-state index is 5.53. The van der Waals surface area contributed by atoms with Crippen molar-refractivity contribution in [3.63, 3.8) is 0 Å². The van der Waals surface area contributed by atoms with E-state index in [-0.39, 0.29) is 0 Å². The van der Waals surface area contributed by atoms with Crippen molar-refractivity contribution < 1.29 is 4.74 Å². The van der Waals surface area contributed by atoms with Crippen LogP contribution in [0.25, 0.3) is 16.6 Å². The van der Waals surface area contributed by atoms with Crippen molar-refractivity contribution in [3.05, 3.63) is 35.1 Å². The first-order valence-electron chi connectivity index (χ1n) is 5.99. The van der Waals surface area contributed by atoms with Crippen LogP contribution < -0.4 is 4.74 Å². The summed E-state index contributed by atoms with van der Waals surface area (Å²) in [4.78, 5) is 0. The van der Waals surface area contributed by atoms with E-state index in [1.54, 1.807) is 9.36 Å². The van der Waals surface area contributed by atoms with E-state index in [1.165, 1.54) is 0 Å². The van der Waals surface area contributed by atoms with E-state index in [2.05, 4.69) is 26.1 Å². The average molecular weight is 321 g/mol. The van der Waals surface area contributed by atoms with Gasteiger partial charge in [-0.15, -0.1) is 5.10 Å². The molecule has 6 heteroatoms. The Morgan fingerprint density at radius 2 is 2.11 bits per heavy atom. The summed E-state index contributed by atoms with van der Waals surface area (Å²) < 4.78 is 10.1.